The number of unbranched alkanes of at least 4 members (excludes halogenated alkanes) is 15. The summed E-state index contributed by atoms with van der Waals surface area (Å²) >= 11 is 0. The van der Waals surface area contributed by atoms with Crippen LogP contribution in [0.5, 0.6) is 0 Å². The second kappa shape index (κ2) is 19.4. The highest BCUT2D eigenvalue weighted by Crippen LogP contribution is 2.13. The number of nitrogens with zero attached hydrogens (tertiary/aromatic N) is 2. The second-order valence-corrected chi connectivity index (χ2v) is 9.10. The molecular formula is C25H50N2O2. The molecule has 1 heterocycles. The Morgan fingerprint density at radius 1 is 0.655 bits per heavy atom. The fourth-order valence-corrected chi connectivity index (χ4v) is 4.07. The molecule has 1 saturated heterocycles. The Kier molecular flexibility index (Phi) is 17.6. The van der Waals surface area contributed by atoms with E-state index in [4.69, 9.17) is 4.74 Å². The average molecular weight is 411 g/mol. The van der Waals surface area contributed by atoms with E-state index < -0.39 is 0 Å². The van der Waals surface area contributed by atoms with Crippen molar-refractivity contribution in [2.24, 2.45) is 0 Å². The van der Waals surface area contributed by atoms with Gasteiger partial charge >= 0.3 is 5.97 Å². The van der Waals surface area contributed by atoms with Crippen molar-refractivity contribution in [3.8, 4) is 0 Å². The zero-order chi connectivity index (χ0) is 21.0. The maximum absolute atomic E-state index is 11.9. The Hall–Kier alpha value is -0.610. The van der Waals surface area contributed by atoms with Crippen LogP contribution >= 0.6 is 0 Å². The number of carbonyl (C=O) groups is 1. The molecule has 1 aliphatic rings. The van der Waals surface area contributed by atoms with E-state index in [1.165, 1.54) is 96.3 Å². The van der Waals surface area contributed by atoms with Gasteiger partial charge in [0.1, 0.15) is 0 Å². The largest absolute Gasteiger partial charge is 0.465 e. The summed E-state index contributed by atoms with van der Waals surface area (Å²) in [5.74, 6) is -0.0458. The quantitative estimate of drug-likeness (QED) is 0.192. The van der Waals surface area contributed by atoms with E-state index in [1.54, 1.807) is 0 Å². The van der Waals surface area contributed by atoms with Crippen molar-refractivity contribution in [3.63, 3.8) is 0 Å². The molecule has 0 saturated carbocycles. The summed E-state index contributed by atoms with van der Waals surface area (Å²) in [7, 11) is 2.13. The van der Waals surface area contributed by atoms with Gasteiger partial charge in [0.05, 0.1) is 13.2 Å². The number of esters is 1. The molecule has 0 bridgehead atoms. The summed E-state index contributed by atoms with van der Waals surface area (Å²) in [5.41, 5.74) is 0. The first-order chi connectivity index (χ1) is 14.2. The standard InChI is InChI=1S/C25H50N2O2/c1-3-4-5-6-7-8-9-10-11-12-13-14-15-16-17-18-23-29-25(28)24-27-21-19-26(2)20-22-27/h3-24H2,1-2H3. The smallest absolute Gasteiger partial charge is 0.320 e. The Labute approximate surface area is 181 Å². The number of rotatable bonds is 19. The van der Waals surface area contributed by atoms with Crippen LogP contribution in [0.2, 0.25) is 0 Å². The van der Waals surface area contributed by atoms with Crippen LogP contribution in [0, 0.1) is 0 Å². The highest BCUT2D eigenvalue weighted by molar-refractivity contribution is 5.71. The average Bonchev–Trinajstić information content (AvgIpc) is 2.72. The van der Waals surface area contributed by atoms with Crippen LogP contribution in [0.1, 0.15) is 110 Å². The zero-order valence-electron chi connectivity index (χ0n) is 19.8. The van der Waals surface area contributed by atoms with Gasteiger partial charge in [-0.05, 0) is 13.5 Å². The van der Waals surface area contributed by atoms with Crippen molar-refractivity contribution in [2.75, 3.05) is 46.4 Å². The van der Waals surface area contributed by atoms with Crippen LogP contribution in [-0.4, -0.2) is 62.1 Å². The molecule has 0 aromatic rings. The van der Waals surface area contributed by atoms with Gasteiger partial charge in [-0.2, -0.15) is 0 Å². The van der Waals surface area contributed by atoms with Crippen molar-refractivity contribution in [1.82, 2.24) is 9.80 Å². The minimum atomic E-state index is -0.0458. The summed E-state index contributed by atoms with van der Waals surface area (Å²) in [5, 5.41) is 0. The first kappa shape index (κ1) is 26.4. The highest BCUT2D eigenvalue weighted by atomic mass is 16.5. The third kappa shape index (κ3) is 16.8. The maximum atomic E-state index is 11.9. The van der Waals surface area contributed by atoms with Gasteiger partial charge in [-0.3, -0.25) is 9.69 Å². The van der Waals surface area contributed by atoms with Gasteiger partial charge in [0.15, 0.2) is 0 Å². The summed E-state index contributed by atoms with van der Waals surface area (Å²) in [6, 6.07) is 0. The molecule has 1 fully saturated rings. The van der Waals surface area contributed by atoms with E-state index >= 15 is 0 Å². The van der Waals surface area contributed by atoms with E-state index in [9.17, 15) is 4.79 Å². The molecule has 0 N–H and O–H groups in total. The third-order valence-electron chi connectivity index (χ3n) is 6.21. The number of hydrogen-bond acceptors (Lipinski definition) is 4. The molecule has 4 nitrogen and oxygen atoms in total. The van der Waals surface area contributed by atoms with Crippen molar-refractivity contribution >= 4 is 5.97 Å². The molecule has 4 heteroatoms. The molecule has 0 aromatic carbocycles. The molecule has 0 aromatic heterocycles. The predicted molar refractivity (Wildman–Crippen MR) is 124 cm³/mol. The first-order valence-electron chi connectivity index (χ1n) is 12.8. The number of carbonyl (C=O) groups excluding carboxylic acids is 1. The lowest BCUT2D eigenvalue weighted by atomic mass is 10.0. The zero-order valence-corrected chi connectivity index (χ0v) is 19.8. The Morgan fingerprint density at radius 2 is 1.07 bits per heavy atom. The van der Waals surface area contributed by atoms with E-state index in [0.29, 0.717) is 13.2 Å². The number of likely N-dealkylation sites (N-methyl/N-ethyl adjacent to an activating group) is 1. The molecule has 0 spiro atoms. The SMILES string of the molecule is CCCCCCCCCCCCCCCCCCOC(=O)CN1CCN(C)CC1. The molecule has 172 valence electrons. The number of hydrogen-bond donors (Lipinski definition) is 0. The number of ether oxygens (including phenoxy) is 1. The van der Waals surface area contributed by atoms with Crippen molar-refractivity contribution in [1.29, 1.82) is 0 Å². The van der Waals surface area contributed by atoms with Gasteiger partial charge in [0.25, 0.3) is 0 Å². The lowest BCUT2D eigenvalue weighted by Crippen LogP contribution is -2.46. The van der Waals surface area contributed by atoms with Crippen LogP contribution < -0.4 is 0 Å². The molecule has 1 aliphatic heterocycles. The molecule has 0 amide bonds. The van der Waals surface area contributed by atoms with Gasteiger partial charge in [-0.1, -0.05) is 103 Å². The van der Waals surface area contributed by atoms with Crippen LogP contribution in [0.4, 0.5) is 0 Å². The Morgan fingerprint density at radius 3 is 1.52 bits per heavy atom. The fourth-order valence-electron chi connectivity index (χ4n) is 4.07. The van der Waals surface area contributed by atoms with Gasteiger partial charge in [0.2, 0.25) is 0 Å². The van der Waals surface area contributed by atoms with E-state index in [0.717, 1.165) is 32.6 Å². The van der Waals surface area contributed by atoms with Crippen LogP contribution in [0.15, 0.2) is 0 Å². The highest BCUT2D eigenvalue weighted by Gasteiger charge is 2.16. The van der Waals surface area contributed by atoms with E-state index in [1.807, 2.05) is 0 Å². The van der Waals surface area contributed by atoms with Gasteiger partial charge in [0, 0.05) is 26.2 Å². The molecule has 0 atom stereocenters. The van der Waals surface area contributed by atoms with Crippen LogP contribution in [-0.2, 0) is 9.53 Å². The van der Waals surface area contributed by atoms with Crippen molar-refractivity contribution < 1.29 is 9.53 Å². The van der Waals surface area contributed by atoms with Crippen molar-refractivity contribution in [2.45, 2.75) is 110 Å². The van der Waals surface area contributed by atoms with Crippen molar-refractivity contribution in [3.05, 3.63) is 0 Å². The number of piperazine rings is 1. The van der Waals surface area contributed by atoms with Crippen LogP contribution in [0.25, 0.3) is 0 Å². The Balaban J connectivity index is 1.73. The summed E-state index contributed by atoms with van der Waals surface area (Å²) in [6.45, 7) is 7.40. The van der Waals surface area contributed by atoms with Crippen LogP contribution in [0.3, 0.4) is 0 Å². The second-order valence-electron chi connectivity index (χ2n) is 9.10. The molecular weight excluding hydrogens is 360 g/mol. The normalized spacial score (nSPS) is 15.7. The fraction of sp³-hybridized carbons (Fsp3) is 0.960. The summed E-state index contributed by atoms with van der Waals surface area (Å²) in [4.78, 5) is 16.4. The molecule has 29 heavy (non-hydrogen) atoms. The third-order valence-corrected chi connectivity index (χ3v) is 6.21. The minimum Gasteiger partial charge on any atom is -0.465 e. The minimum absolute atomic E-state index is 0.0458. The maximum Gasteiger partial charge on any atom is 0.320 e. The molecule has 0 aliphatic carbocycles. The van der Waals surface area contributed by atoms with Gasteiger partial charge < -0.3 is 9.64 Å². The lowest BCUT2D eigenvalue weighted by molar-refractivity contribution is -0.145. The Bertz CT molecular complexity index is 368. The lowest BCUT2D eigenvalue weighted by Gasteiger charge is -2.31. The van der Waals surface area contributed by atoms with Gasteiger partial charge in [-0.15, -0.1) is 0 Å². The van der Waals surface area contributed by atoms with E-state index in [-0.39, 0.29) is 5.97 Å². The predicted octanol–water partition coefficient (Wildman–Crippen LogP) is 6.04. The molecule has 0 radical (unpaired) electrons. The first-order valence-corrected chi connectivity index (χ1v) is 12.8. The van der Waals surface area contributed by atoms with E-state index in [2.05, 4.69) is 23.8 Å². The molecule has 1 rings (SSSR count). The van der Waals surface area contributed by atoms with Gasteiger partial charge in [-0.25, -0.2) is 0 Å². The monoisotopic (exact) mass is 410 g/mol. The summed E-state index contributed by atoms with van der Waals surface area (Å²) < 4.78 is 5.40. The molecule has 0 unspecified atom stereocenters. The summed E-state index contributed by atoms with van der Waals surface area (Å²) in [6.07, 6.45) is 21.9. The topological polar surface area (TPSA) is 32.8 Å².